The van der Waals surface area contributed by atoms with Gasteiger partial charge in [-0.1, -0.05) is 86.1 Å². The standard InChI is InChI=1S/C29H29Cl2N5O2S/c1-18(24-15-10-21(30)16-25(24)31)32-33-26(37)17-39-28-35-34-27(19-6-8-20(9-7-19)29(2,3)4)36(28)22-11-13-23(38-5)14-12-22/h6-16H,17H2,1-5H3,(H,33,37)/b32-18-. The number of halogens is 2. The topological polar surface area (TPSA) is 81.4 Å². The smallest absolute Gasteiger partial charge is 0.250 e. The quantitative estimate of drug-likeness (QED) is 0.135. The summed E-state index contributed by atoms with van der Waals surface area (Å²) in [5.41, 5.74) is 6.88. The molecule has 0 saturated carbocycles. The number of nitrogens with one attached hydrogen (secondary N) is 1. The van der Waals surface area contributed by atoms with Crippen LogP contribution >= 0.6 is 35.0 Å². The molecule has 39 heavy (non-hydrogen) atoms. The van der Waals surface area contributed by atoms with Crippen molar-refractivity contribution < 1.29 is 9.53 Å². The van der Waals surface area contributed by atoms with Crippen LogP contribution in [-0.4, -0.2) is 39.2 Å². The van der Waals surface area contributed by atoms with E-state index in [1.807, 2.05) is 41.0 Å². The largest absolute Gasteiger partial charge is 0.497 e. The fourth-order valence-electron chi connectivity index (χ4n) is 3.79. The lowest BCUT2D eigenvalue weighted by atomic mass is 9.87. The Labute approximate surface area is 242 Å². The minimum Gasteiger partial charge on any atom is -0.497 e. The fourth-order valence-corrected chi connectivity index (χ4v) is 5.07. The zero-order chi connectivity index (χ0) is 28.2. The number of amides is 1. The van der Waals surface area contributed by atoms with Crippen LogP contribution < -0.4 is 10.2 Å². The summed E-state index contributed by atoms with van der Waals surface area (Å²) in [5, 5.41) is 14.7. The van der Waals surface area contributed by atoms with Crippen LogP contribution in [0.3, 0.4) is 0 Å². The molecule has 0 aliphatic rings. The van der Waals surface area contributed by atoms with Crippen molar-refractivity contribution in [3.8, 4) is 22.8 Å². The molecule has 202 valence electrons. The number of carbonyl (C=O) groups excluding carboxylic acids is 1. The molecular weight excluding hydrogens is 553 g/mol. The summed E-state index contributed by atoms with van der Waals surface area (Å²) in [6.45, 7) is 8.30. The molecule has 10 heteroatoms. The van der Waals surface area contributed by atoms with Crippen molar-refractivity contribution in [1.29, 1.82) is 0 Å². The SMILES string of the molecule is COc1ccc(-n2c(SCC(=O)N/N=C(/C)c3ccc(Cl)cc3Cl)nnc2-c2ccc(C(C)(C)C)cc2)cc1. The van der Waals surface area contributed by atoms with Crippen molar-refractivity contribution in [2.45, 2.75) is 38.3 Å². The van der Waals surface area contributed by atoms with Crippen LogP contribution in [0.15, 0.2) is 77.0 Å². The predicted molar refractivity (Wildman–Crippen MR) is 160 cm³/mol. The molecule has 1 N–H and O–H groups in total. The van der Waals surface area contributed by atoms with Gasteiger partial charge in [0.25, 0.3) is 5.91 Å². The Morgan fingerprint density at radius 3 is 2.33 bits per heavy atom. The van der Waals surface area contributed by atoms with Crippen LogP contribution in [0.5, 0.6) is 5.75 Å². The Hall–Kier alpha value is -3.33. The van der Waals surface area contributed by atoms with E-state index in [0.29, 0.717) is 32.3 Å². The Morgan fingerprint density at radius 2 is 1.72 bits per heavy atom. The van der Waals surface area contributed by atoms with E-state index in [1.165, 1.54) is 17.3 Å². The molecule has 4 rings (SSSR count). The van der Waals surface area contributed by atoms with E-state index >= 15 is 0 Å². The molecule has 4 aromatic rings. The molecular formula is C29H29Cl2N5O2S. The number of thioether (sulfide) groups is 1. The maximum Gasteiger partial charge on any atom is 0.250 e. The van der Waals surface area contributed by atoms with Gasteiger partial charge < -0.3 is 4.74 Å². The van der Waals surface area contributed by atoms with Gasteiger partial charge in [0.05, 0.1) is 23.6 Å². The van der Waals surface area contributed by atoms with Crippen molar-refractivity contribution in [2.24, 2.45) is 5.10 Å². The van der Waals surface area contributed by atoms with Gasteiger partial charge in [0.2, 0.25) is 0 Å². The molecule has 3 aromatic carbocycles. The summed E-state index contributed by atoms with van der Waals surface area (Å²) >= 11 is 13.5. The summed E-state index contributed by atoms with van der Waals surface area (Å²) in [6, 6.07) is 21.0. The second-order valence-corrected chi connectivity index (χ2v) is 11.6. The molecule has 1 aromatic heterocycles. The van der Waals surface area contributed by atoms with Crippen molar-refractivity contribution in [3.63, 3.8) is 0 Å². The molecule has 0 fully saturated rings. The Bertz CT molecular complexity index is 1490. The summed E-state index contributed by atoms with van der Waals surface area (Å²) in [4.78, 5) is 12.7. The van der Waals surface area contributed by atoms with Crippen LogP contribution in [-0.2, 0) is 10.2 Å². The van der Waals surface area contributed by atoms with Gasteiger partial charge in [-0.25, -0.2) is 5.43 Å². The van der Waals surface area contributed by atoms with Gasteiger partial charge in [-0.05, 0) is 54.3 Å². The van der Waals surface area contributed by atoms with E-state index in [1.54, 1.807) is 32.2 Å². The van der Waals surface area contributed by atoms with E-state index in [4.69, 9.17) is 27.9 Å². The number of hydrogen-bond donors (Lipinski definition) is 1. The van der Waals surface area contributed by atoms with Gasteiger partial charge in [-0.3, -0.25) is 9.36 Å². The van der Waals surface area contributed by atoms with E-state index in [-0.39, 0.29) is 17.1 Å². The maximum atomic E-state index is 12.7. The molecule has 7 nitrogen and oxygen atoms in total. The zero-order valence-electron chi connectivity index (χ0n) is 22.3. The summed E-state index contributed by atoms with van der Waals surface area (Å²) in [6.07, 6.45) is 0. The highest BCUT2D eigenvalue weighted by molar-refractivity contribution is 7.99. The molecule has 0 spiro atoms. The number of hydrazone groups is 1. The second kappa shape index (κ2) is 12.2. The highest BCUT2D eigenvalue weighted by atomic mass is 35.5. The third-order valence-electron chi connectivity index (χ3n) is 5.97. The second-order valence-electron chi connectivity index (χ2n) is 9.81. The van der Waals surface area contributed by atoms with Gasteiger partial charge in [0, 0.05) is 21.8 Å². The minimum atomic E-state index is -0.287. The number of rotatable bonds is 8. The van der Waals surface area contributed by atoms with E-state index in [2.05, 4.69) is 53.6 Å². The molecule has 0 radical (unpaired) electrons. The highest BCUT2D eigenvalue weighted by Gasteiger charge is 2.19. The molecule has 1 amide bonds. The first-order valence-corrected chi connectivity index (χ1v) is 13.9. The molecule has 0 atom stereocenters. The lowest BCUT2D eigenvalue weighted by Gasteiger charge is -2.19. The van der Waals surface area contributed by atoms with E-state index in [9.17, 15) is 4.79 Å². The normalized spacial score (nSPS) is 11.9. The van der Waals surface area contributed by atoms with Crippen LogP contribution in [0.2, 0.25) is 10.0 Å². The number of aromatic nitrogens is 3. The Kier molecular flexibility index (Phi) is 9.00. The van der Waals surface area contributed by atoms with Crippen molar-refractivity contribution >= 4 is 46.6 Å². The van der Waals surface area contributed by atoms with Gasteiger partial charge in [-0.15, -0.1) is 10.2 Å². The van der Waals surface area contributed by atoms with E-state index in [0.717, 1.165) is 17.0 Å². The van der Waals surface area contributed by atoms with Crippen molar-refractivity contribution in [1.82, 2.24) is 20.2 Å². The Balaban J connectivity index is 1.56. The average Bonchev–Trinajstić information content (AvgIpc) is 3.34. The molecule has 1 heterocycles. The number of nitrogens with zero attached hydrogens (tertiary/aromatic N) is 4. The third kappa shape index (κ3) is 7.01. The molecule has 0 aliphatic carbocycles. The monoisotopic (exact) mass is 581 g/mol. The first-order valence-electron chi connectivity index (χ1n) is 12.2. The van der Waals surface area contributed by atoms with Crippen LogP contribution in [0.25, 0.3) is 17.1 Å². The summed E-state index contributed by atoms with van der Waals surface area (Å²) in [7, 11) is 1.63. The first kappa shape index (κ1) is 28.7. The molecule has 0 unspecified atom stereocenters. The van der Waals surface area contributed by atoms with Gasteiger partial charge in [0.15, 0.2) is 11.0 Å². The predicted octanol–water partition coefficient (Wildman–Crippen LogP) is 7.18. The lowest BCUT2D eigenvalue weighted by Crippen LogP contribution is -2.21. The highest BCUT2D eigenvalue weighted by Crippen LogP contribution is 2.31. The van der Waals surface area contributed by atoms with Crippen molar-refractivity contribution in [2.75, 3.05) is 12.9 Å². The van der Waals surface area contributed by atoms with Gasteiger partial charge in [-0.2, -0.15) is 5.10 Å². The fraction of sp³-hybridized carbons (Fsp3) is 0.241. The summed E-state index contributed by atoms with van der Waals surface area (Å²) in [5.74, 6) is 1.22. The number of methoxy groups -OCH3 is 1. The van der Waals surface area contributed by atoms with Crippen LogP contribution in [0.4, 0.5) is 0 Å². The minimum absolute atomic E-state index is 0.0380. The third-order valence-corrected chi connectivity index (χ3v) is 7.45. The Morgan fingerprint density at radius 1 is 1.03 bits per heavy atom. The van der Waals surface area contributed by atoms with Gasteiger partial charge in [0.1, 0.15) is 5.75 Å². The lowest BCUT2D eigenvalue weighted by molar-refractivity contribution is -0.118. The first-order chi connectivity index (χ1) is 18.6. The van der Waals surface area contributed by atoms with Gasteiger partial charge >= 0.3 is 0 Å². The zero-order valence-corrected chi connectivity index (χ0v) is 24.7. The maximum absolute atomic E-state index is 12.7. The number of carbonyl (C=O) groups is 1. The van der Waals surface area contributed by atoms with E-state index < -0.39 is 0 Å². The van der Waals surface area contributed by atoms with Crippen LogP contribution in [0, 0.1) is 0 Å². The number of ether oxygens (including phenoxy) is 1. The average molecular weight is 583 g/mol. The molecule has 0 saturated heterocycles. The van der Waals surface area contributed by atoms with Crippen molar-refractivity contribution in [3.05, 3.63) is 87.9 Å². The number of hydrogen-bond acceptors (Lipinski definition) is 6. The number of benzene rings is 3. The molecule has 0 bridgehead atoms. The van der Waals surface area contributed by atoms with Crippen LogP contribution in [0.1, 0.15) is 38.8 Å². The molecule has 0 aliphatic heterocycles. The summed E-state index contributed by atoms with van der Waals surface area (Å²) < 4.78 is 7.26.